The first-order valence-electron chi connectivity index (χ1n) is 10.5. The molecular weight excluding hydrogens is 360 g/mol. The van der Waals surface area contributed by atoms with E-state index in [1.807, 2.05) is 7.05 Å². The predicted octanol–water partition coefficient (Wildman–Crippen LogP) is 4.94. The fraction of sp³-hybridized carbons (Fsp3) is 0.400. The van der Waals surface area contributed by atoms with E-state index in [1.54, 1.807) is 4.90 Å². The zero-order valence-corrected chi connectivity index (χ0v) is 17.6. The molecule has 1 N–H and O–H groups in total. The van der Waals surface area contributed by atoms with E-state index in [1.165, 1.54) is 33.4 Å². The standard InChI is InChI=1S/C25H30N2O2/c1-17-12-18(2)14-19(13-17)16-29-25(28)27(3)24-7-6-21-4-5-22(15-23(21)24)20-8-10-26-11-9-20/h4-5,8,12-15,24,26H,6-7,9-11,16H2,1-3H3. The Bertz CT molecular complexity index is 928. The second kappa shape index (κ2) is 8.42. The highest BCUT2D eigenvalue weighted by molar-refractivity contribution is 5.70. The van der Waals surface area contributed by atoms with Gasteiger partial charge in [0.1, 0.15) is 6.61 Å². The molecular formula is C25H30N2O2. The van der Waals surface area contributed by atoms with Gasteiger partial charge in [-0.2, -0.15) is 0 Å². The first kappa shape index (κ1) is 19.7. The Morgan fingerprint density at radius 2 is 1.93 bits per heavy atom. The van der Waals surface area contributed by atoms with Crippen molar-refractivity contribution in [1.29, 1.82) is 0 Å². The van der Waals surface area contributed by atoms with Crippen LogP contribution in [0.5, 0.6) is 0 Å². The molecule has 1 aliphatic heterocycles. The van der Waals surface area contributed by atoms with Crippen molar-refractivity contribution < 1.29 is 9.53 Å². The molecule has 0 aromatic heterocycles. The van der Waals surface area contributed by atoms with E-state index in [0.717, 1.165) is 37.9 Å². The van der Waals surface area contributed by atoms with Gasteiger partial charge in [-0.25, -0.2) is 4.79 Å². The molecule has 0 bridgehead atoms. The Kier molecular flexibility index (Phi) is 5.72. The molecule has 1 heterocycles. The summed E-state index contributed by atoms with van der Waals surface area (Å²) in [6.45, 7) is 6.40. The molecule has 1 amide bonds. The van der Waals surface area contributed by atoms with Crippen molar-refractivity contribution in [2.24, 2.45) is 0 Å². The number of fused-ring (bicyclic) bond motifs is 1. The molecule has 152 valence electrons. The van der Waals surface area contributed by atoms with Crippen molar-refractivity contribution in [3.05, 3.63) is 75.9 Å². The second-order valence-corrected chi connectivity index (χ2v) is 8.31. The van der Waals surface area contributed by atoms with Crippen molar-refractivity contribution in [1.82, 2.24) is 10.2 Å². The van der Waals surface area contributed by atoms with E-state index in [4.69, 9.17) is 4.74 Å². The van der Waals surface area contributed by atoms with Crippen molar-refractivity contribution in [2.45, 2.75) is 45.8 Å². The SMILES string of the molecule is Cc1cc(C)cc(COC(=O)N(C)C2CCc3ccc(C4=CCNCC4)cc32)c1. The predicted molar refractivity (Wildman–Crippen MR) is 117 cm³/mol. The van der Waals surface area contributed by atoms with Crippen LogP contribution in [0.15, 0.2) is 42.5 Å². The smallest absolute Gasteiger partial charge is 0.410 e. The van der Waals surface area contributed by atoms with Crippen molar-refractivity contribution in [3.8, 4) is 0 Å². The summed E-state index contributed by atoms with van der Waals surface area (Å²) in [7, 11) is 1.86. The van der Waals surface area contributed by atoms with Gasteiger partial charge in [0.2, 0.25) is 0 Å². The van der Waals surface area contributed by atoms with Gasteiger partial charge in [-0.15, -0.1) is 0 Å². The Morgan fingerprint density at radius 1 is 1.14 bits per heavy atom. The van der Waals surface area contributed by atoms with E-state index < -0.39 is 0 Å². The zero-order valence-electron chi connectivity index (χ0n) is 17.6. The van der Waals surface area contributed by atoms with Gasteiger partial charge in [0, 0.05) is 13.6 Å². The van der Waals surface area contributed by atoms with Gasteiger partial charge in [0.15, 0.2) is 0 Å². The molecule has 4 nitrogen and oxygen atoms in total. The third kappa shape index (κ3) is 4.38. The molecule has 0 spiro atoms. The lowest BCUT2D eigenvalue weighted by atomic mass is 9.96. The summed E-state index contributed by atoms with van der Waals surface area (Å²) in [6.07, 6.45) is 5.03. The fourth-order valence-corrected chi connectivity index (χ4v) is 4.59. The molecule has 0 radical (unpaired) electrons. The number of carbonyl (C=O) groups excluding carboxylic acids is 1. The summed E-state index contributed by atoms with van der Waals surface area (Å²) < 4.78 is 5.64. The molecule has 1 atom stereocenters. The average molecular weight is 391 g/mol. The van der Waals surface area contributed by atoms with Crippen LogP contribution in [0.4, 0.5) is 4.79 Å². The van der Waals surface area contributed by atoms with Crippen molar-refractivity contribution in [3.63, 3.8) is 0 Å². The van der Waals surface area contributed by atoms with Crippen molar-refractivity contribution in [2.75, 3.05) is 20.1 Å². The lowest BCUT2D eigenvalue weighted by molar-refractivity contribution is 0.0909. The summed E-state index contributed by atoms with van der Waals surface area (Å²) >= 11 is 0. The maximum absolute atomic E-state index is 12.8. The summed E-state index contributed by atoms with van der Waals surface area (Å²) in [5.41, 5.74) is 8.72. The van der Waals surface area contributed by atoms with Crippen LogP contribution in [-0.4, -0.2) is 31.1 Å². The highest BCUT2D eigenvalue weighted by atomic mass is 16.6. The minimum Gasteiger partial charge on any atom is -0.445 e. The molecule has 0 saturated heterocycles. The Labute approximate surface area is 173 Å². The Morgan fingerprint density at radius 3 is 2.66 bits per heavy atom. The average Bonchev–Trinajstić information content (AvgIpc) is 3.14. The number of nitrogens with zero attached hydrogens (tertiary/aromatic N) is 1. The number of aryl methyl sites for hydroxylation is 3. The number of hydrogen-bond acceptors (Lipinski definition) is 3. The molecule has 1 aliphatic carbocycles. The molecule has 2 aromatic rings. The normalized spacial score (nSPS) is 18.2. The van der Waals surface area contributed by atoms with Crippen LogP contribution in [-0.2, 0) is 17.8 Å². The summed E-state index contributed by atoms with van der Waals surface area (Å²) in [6, 6.07) is 13.1. The first-order chi connectivity index (χ1) is 14.0. The van der Waals surface area contributed by atoms with E-state index >= 15 is 0 Å². The molecule has 4 rings (SSSR count). The van der Waals surface area contributed by atoms with E-state index in [-0.39, 0.29) is 12.1 Å². The zero-order chi connectivity index (χ0) is 20.4. The third-order valence-electron chi connectivity index (χ3n) is 6.03. The minimum atomic E-state index is -0.256. The Hall–Kier alpha value is -2.59. The van der Waals surface area contributed by atoms with Crippen LogP contribution in [0.1, 0.15) is 52.3 Å². The van der Waals surface area contributed by atoms with Gasteiger partial charge in [-0.1, -0.05) is 47.5 Å². The molecule has 1 unspecified atom stereocenters. The van der Waals surface area contributed by atoms with Crippen LogP contribution in [0.3, 0.4) is 0 Å². The van der Waals surface area contributed by atoms with Crippen LogP contribution >= 0.6 is 0 Å². The quantitative estimate of drug-likeness (QED) is 0.804. The largest absolute Gasteiger partial charge is 0.445 e. The maximum atomic E-state index is 12.8. The van der Waals surface area contributed by atoms with Gasteiger partial charge >= 0.3 is 6.09 Å². The highest BCUT2D eigenvalue weighted by Crippen LogP contribution is 2.37. The van der Waals surface area contributed by atoms with E-state index in [0.29, 0.717) is 6.61 Å². The van der Waals surface area contributed by atoms with Gasteiger partial charge < -0.3 is 15.0 Å². The van der Waals surface area contributed by atoms with Crippen LogP contribution in [0, 0.1) is 13.8 Å². The number of rotatable bonds is 4. The molecule has 0 saturated carbocycles. The monoisotopic (exact) mass is 390 g/mol. The molecule has 4 heteroatoms. The lowest BCUT2D eigenvalue weighted by Crippen LogP contribution is -2.30. The number of ether oxygens (including phenoxy) is 1. The molecule has 2 aromatic carbocycles. The summed E-state index contributed by atoms with van der Waals surface area (Å²) in [4.78, 5) is 14.5. The maximum Gasteiger partial charge on any atom is 0.410 e. The van der Waals surface area contributed by atoms with E-state index in [2.05, 4.69) is 61.6 Å². The summed E-state index contributed by atoms with van der Waals surface area (Å²) in [5.74, 6) is 0. The minimum absolute atomic E-state index is 0.0824. The molecule has 0 fully saturated rings. The number of nitrogens with one attached hydrogen (secondary N) is 1. The van der Waals surface area contributed by atoms with Crippen LogP contribution in [0.25, 0.3) is 5.57 Å². The molecule has 2 aliphatic rings. The van der Waals surface area contributed by atoms with Crippen LogP contribution < -0.4 is 5.32 Å². The highest BCUT2D eigenvalue weighted by Gasteiger charge is 2.30. The van der Waals surface area contributed by atoms with Gasteiger partial charge in [-0.3, -0.25) is 0 Å². The van der Waals surface area contributed by atoms with Crippen LogP contribution in [0.2, 0.25) is 0 Å². The first-order valence-corrected chi connectivity index (χ1v) is 10.5. The second-order valence-electron chi connectivity index (χ2n) is 8.31. The number of carbonyl (C=O) groups is 1. The topological polar surface area (TPSA) is 41.6 Å². The lowest BCUT2D eigenvalue weighted by Gasteiger charge is -2.25. The number of hydrogen-bond donors (Lipinski definition) is 1. The van der Waals surface area contributed by atoms with E-state index in [9.17, 15) is 4.79 Å². The Balaban J connectivity index is 1.46. The molecule has 29 heavy (non-hydrogen) atoms. The number of amides is 1. The summed E-state index contributed by atoms with van der Waals surface area (Å²) in [5, 5.41) is 3.37. The van der Waals surface area contributed by atoms with Gasteiger partial charge in [0.05, 0.1) is 6.04 Å². The fourth-order valence-electron chi connectivity index (χ4n) is 4.59. The van der Waals surface area contributed by atoms with Gasteiger partial charge in [-0.05, 0) is 73.5 Å². The van der Waals surface area contributed by atoms with Gasteiger partial charge in [0.25, 0.3) is 0 Å². The van der Waals surface area contributed by atoms with Crippen molar-refractivity contribution >= 4 is 11.7 Å². The third-order valence-corrected chi connectivity index (χ3v) is 6.03. The number of benzene rings is 2.